The van der Waals surface area contributed by atoms with Crippen LogP contribution in [-0.4, -0.2) is 28.2 Å². The molecule has 5 heteroatoms. The second kappa shape index (κ2) is 4.53. The maximum absolute atomic E-state index is 13.4. The van der Waals surface area contributed by atoms with Crippen LogP contribution in [0.1, 0.15) is 19.5 Å². The minimum absolute atomic E-state index is 0.0334. The molecule has 0 bridgehead atoms. The summed E-state index contributed by atoms with van der Waals surface area (Å²) >= 11 is 0. The van der Waals surface area contributed by atoms with Gasteiger partial charge in [-0.2, -0.15) is 0 Å². The quantitative estimate of drug-likeness (QED) is 0.792. The standard InChI is InChI=1S/C10H16FN3O/c1-7-8(11)9(14-6-13-7)12-4-10(2,3)5-15/h6,15H,4-5H2,1-3H3,(H,12,13,14). The van der Waals surface area contributed by atoms with Crippen LogP contribution in [0.4, 0.5) is 10.2 Å². The average Bonchev–Trinajstić information content (AvgIpc) is 2.20. The summed E-state index contributed by atoms with van der Waals surface area (Å²) in [5.74, 6) is -0.254. The highest BCUT2D eigenvalue weighted by atomic mass is 19.1. The molecule has 0 atom stereocenters. The van der Waals surface area contributed by atoms with Crippen LogP contribution < -0.4 is 5.32 Å². The first-order valence-corrected chi connectivity index (χ1v) is 4.78. The molecule has 2 N–H and O–H groups in total. The van der Waals surface area contributed by atoms with Gasteiger partial charge in [0.05, 0.1) is 5.69 Å². The second-order valence-electron chi connectivity index (χ2n) is 4.30. The van der Waals surface area contributed by atoms with Crippen molar-refractivity contribution in [1.29, 1.82) is 0 Å². The molecule has 0 unspecified atom stereocenters. The largest absolute Gasteiger partial charge is 0.396 e. The Morgan fingerprint density at radius 2 is 2.13 bits per heavy atom. The maximum Gasteiger partial charge on any atom is 0.186 e. The number of nitrogens with zero attached hydrogens (tertiary/aromatic N) is 2. The molecule has 0 aromatic carbocycles. The summed E-state index contributed by atoms with van der Waals surface area (Å²) in [7, 11) is 0. The van der Waals surface area contributed by atoms with Crippen LogP contribution in [0, 0.1) is 18.2 Å². The first kappa shape index (κ1) is 11.8. The molecule has 84 valence electrons. The molecular formula is C10H16FN3O. The summed E-state index contributed by atoms with van der Waals surface area (Å²) in [5, 5.41) is 11.9. The number of anilines is 1. The molecule has 0 aliphatic heterocycles. The number of aliphatic hydroxyl groups is 1. The Balaban J connectivity index is 2.70. The molecule has 0 spiro atoms. The van der Waals surface area contributed by atoms with Crippen molar-refractivity contribution in [2.24, 2.45) is 5.41 Å². The summed E-state index contributed by atoms with van der Waals surface area (Å²) in [6.45, 7) is 5.83. The number of aliphatic hydroxyl groups excluding tert-OH is 1. The lowest BCUT2D eigenvalue weighted by Gasteiger charge is -2.22. The van der Waals surface area contributed by atoms with Gasteiger partial charge < -0.3 is 10.4 Å². The van der Waals surface area contributed by atoms with E-state index in [2.05, 4.69) is 15.3 Å². The van der Waals surface area contributed by atoms with Crippen LogP contribution in [0.2, 0.25) is 0 Å². The van der Waals surface area contributed by atoms with Crippen molar-refractivity contribution in [2.45, 2.75) is 20.8 Å². The molecular weight excluding hydrogens is 197 g/mol. The van der Waals surface area contributed by atoms with E-state index in [9.17, 15) is 4.39 Å². The summed E-state index contributed by atoms with van der Waals surface area (Å²) in [5.41, 5.74) is 0.0139. The van der Waals surface area contributed by atoms with Crippen molar-refractivity contribution in [3.8, 4) is 0 Å². The van der Waals surface area contributed by atoms with Crippen LogP contribution in [0.15, 0.2) is 6.33 Å². The average molecular weight is 213 g/mol. The van der Waals surface area contributed by atoms with E-state index < -0.39 is 5.82 Å². The maximum atomic E-state index is 13.4. The molecule has 1 rings (SSSR count). The molecule has 1 aromatic heterocycles. The van der Waals surface area contributed by atoms with Gasteiger partial charge in [-0.15, -0.1) is 0 Å². The molecule has 4 nitrogen and oxygen atoms in total. The molecule has 0 aliphatic carbocycles. The van der Waals surface area contributed by atoms with Crippen LogP contribution in [0.3, 0.4) is 0 Å². The van der Waals surface area contributed by atoms with Gasteiger partial charge in [-0.05, 0) is 6.92 Å². The Labute approximate surface area is 88.6 Å². The first-order chi connectivity index (χ1) is 6.96. The van der Waals surface area contributed by atoms with Gasteiger partial charge in [0.25, 0.3) is 0 Å². The predicted molar refractivity (Wildman–Crippen MR) is 56.1 cm³/mol. The Bertz CT molecular complexity index is 341. The zero-order valence-electron chi connectivity index (χ0n) is 9.21. The van der Waals surface area contributed by atoms with Gasteiger partial charge in [0.15, 0.2) is 11.6 Å². The lowest BCUT2D eigenvalue weighted by Crippen LogP contribution is -2.27. The van der Waals surface area contributed by atoms with Gasteiger partial charge in [0.1, 0.15) is 6.33 Å². The van der Waals surface area contributed by atoms with Crippen LogP contribution >= 0.6 is 0 Å². The molecule has 1 aromatic rings. The minimum atomic E-state index is -0.439. The van der Waals surface area contributed by atoms with Crippen molar-refractivity contribution >= 4 is 5.82 Å². The summed E-state index contributed by atoms with van der Waals surface area (Å²) in [6.07, 6.45) is 1.31. The third-order valence-electron chi connectivity index (χ3n) is 2.13. The topological polar surface area (TPSA) is 58.0 Å². The van der Waals surface area contributed by atoms with Crippen molar-refractivity contribution in [2.75, 3.05) is 18.5 Å². The predicted octanol–water partition coefficient (Wildman–Crippen LogP) is 1.35. The van der Waals surface area contributed by atoms with E-state index in [1.807, 2.05) is 13.8 Å². The zero-order valence-corrected chi connectivity index (χ0v) is 9.21. The fraction of sp³-hybridized carbons (Fsp3) is 0.600. The number of hydrogen-bond acceptors (Lipinski definition) is 4. The van der Waals surface area contributed by atoms with E-state index in [4.69, 9.17) is 5.11 Å². The fourth-order valence-electron chi connectivity index (χ4n) is 0.960. The molecule has 0 fully saturated rings. The Hall–Kier alpha value is -1.23. The third-order valence-corrected chi connectivity index (χ3v) is 2.13. The molecule has 0 saturated carbocycles. The number of aromatic nitrogens is 2. The number of rotatable bonds is 4. The number of nitrogens with one attached hydrogen (secondary N) is 1. The first-order valence-electron chi connectivity index (χ1n) is 4.78. The van der Waals surface area contributed by atoms with E-state index in [1.165, 1.54) is 6.33 Å². The Morgan fingerprint density at radius 3 is 2.73 bits per heavy atom. The van der Waals surface area contributed by atoms with Gasteiger partial charge in [-0.1, -0.05) is 13.8 Å². The molecule has 0 amide bonds. The number of hydrogen-bond donors (Lipinski definition) is 2. The van der Waals surface area contributed by atoms with E-state index >= 15 is 0 Å². The van der Waals surface area contributed by atoms with Crippen molar-refractivity contribution in [1.82, 2.24) is 9.97 Å². The van der Waals surface area contributed by atoms with Crippen molar-refractivity contribution in [3.05, 3.63) is 17.8 Å². The van der Waals surface area contributed by atoms with Gasteiger partial charge in [-0.3, -0.25) is 0 Å². The molecule has 1 heterocycles. The van der Waals surface area contributed by atoms with Gasteiger partial charge in [-0.25, -0.2) is 14.4 Å². The minimum Gasteiger partial charge on any atom is -0.396 e. The second-order valence-corrected chi connectivity index (χ2v) is 4.30. The highest BCUT2D eigenvalue weighted by Gasteiger charge is 2.17. The lowest BCUT2D eigenvalue weighted by molar-refractivity contribution is 0.170. The van der Waals surface area contributed by atoms with Crippen LogP contribution in [0.5, 0.6) is 0 Å². The monoisotopic (exact) mass is 213 g/mol. The lowest BCUT2D eigenvalue weighted by atomic mass is 9.95. The van der Waals surface area contributed by atoms with E-state index in [-0.39, 0.29) is 17.8 Å². The Kier molecular flexibility index (Phi) is 3.57. The SMILES string of the molecule is Cc1ncnc(NCC(C)(C)CO)c1F. The highest BCUT2D eigenvalue weighted by Crippen LogP contribution is 2.17. The fourth-order valence-corrected chi connectivity index (χ4v) is 0.960. The summed E-state index contributed by atoms with van der Waals surface area (Å²) < 4.78 is 13.4. The molecule has 15 heavy (non-hydrogen) atoms. The third kappa shape index (κ3) is 3.13. The smallest absolute Gasteiger partial charge is 0.186 e. The van der Waals surface area contributed by atoms with E-state index in [0.29, 0.717) is 12.2 Å². The van der Waals surface area contributed by atoms with Gasteiger partial charge in [0.2, 0.25) is 0 Å². The van der Waals surface area contributed by atoms with E-state index in [1.54, 1.807) is 6.92 Å². The van der Waals surface area contributed by atoms with Crippen LogP contribution in [0.25, 0.3) is 0 Å². The Morgan fingerprint density at radius 1 is 1.47 bits per heavy atom. The van der Waals surface area contributed by atoms with Gasteiger partial charge in [0, 0.05) is 18.6 Å². The van der Waals surface area contributed by atoms with Gasteiger partial charge >= 0.3 is 0 Å². The molecule has 0 radical (unpaired) electrons. The van der Waals surface area contributed by atoms with Crippen LogP contribution in [-0.2, 0) is 0 Å². The normalized spacial score (nSPS) is 11.5. The molecule has 0 saturated heterocycles. The summed E-state index contributed by atoms with van der Waals surface area (Å²) in [4.78, 5) is 7.53. The molecule has 0 aliphatic rings. The van der Waals surface area contributed by atoms with Crippen molar-refractivity contribution < 1.29 is 9.50 Å². The van der Waals surface area contributed by atoms with Crippen molar-refractivity contribution in [3.63, 3.8) is 0 Å². The van der Waals surface area contributed by atoms with E-state index in [0.717, 1.165) is 0 Å². The highest BCUT2D eigenvalue weighted by molar-refractivity contribution is 5.36. The number of halogens is 1. The zero-order chi connectivity index (χ0) is 11.5. The number of aryl methyl sites for hydroxylation is 1. The summed E-state index contributed by atoms with van der Waals surface area (Å²) in [6, 6.07) is 0.